The van der Waals surface area contributed by atoms with Gasteiger partial charge in [-0.05, 0) is 14.0 Å². The van der Waals surface area contributed by atoms with Crippen molar-refractivity contribution in [2.45, 2.75) is 19.9 Å². The van der Waals surface area contributed by atoms with E-state index in [4.69, 9.17) is 11.6 Å². The Hall–Kier alpha value is -0.280. The molecule has 1 fully saturated rings. The first-order chi connectivity index (χ1) is 6.56. The largest absolute Gasteiger partial charge is 0.340 e. The molecule has 2 atom stereocenters. The van der Waals surface area contributed by atoms with Crippen LogP contribution in [-0.4, -0.2) is 54.3 Å². The normalized spacial score (nSPS) is 26.3. The minimum atomic E-state index is -0.0488. The second-order valence-corrected chi connectivity index (χ2v) is 4.48. The van der Waals surface area contributed by atoms with Crippen molar-refractivity contribution < 1.29 is 4.79 Å². The van der Waals surface area contributed by atoms with Crippen LogP contribution in [-0.2, 0) is 4.79 Å². The van der Waals surface area contributed by atoms with Gasteiger partial charge in [-0.2, -0.15) is 0 Å². The van der Waals surface area contributed by atoms with Gasteiger partial charge in [-0.15, -0.1) is 11.6 Å². The van der Waals surface area contributed by atoms with Crippen LogP contribution in [0.1, 0.15) is 13.8 Å². The monoisotopic (exact) mass is 218 g/mol. The molecule has 4 heteroatoms. The van der Waals surface area contributed by atoms with Gasteiger partial charge in [-0.1, -0.05) is 6.92 Å². The first-order valence-corrected chi connectivity index (χ1v) is 5.64. The highest BCUT2D eigenvalue weighted by Crippen LogP contribution is 2.11. The Bertz CT molecular complexity index is 210. The van der Waals surface area contributed by atoms with Crippen molar-refractivity contribution in [2.75, 3.05) is 32.6 Å². The van der Waals surface area contributed by atoms with E-state index in [9.17, 15) is 4.79 Å². The number of nitrogens with zero attached hydrogens (tertiary/aromatic N) is 2. The Balaban J connectivity index is 2.50. The molecule has 1 rings (SSSR count). The first kappa shape index (κ1) is 11.8. The topological polar surface area (TPSA) is 23.6 Å². The average molecular weight is 219 g/mol. The molecule has 3 nitrogen and oxygen atoms in total. The third-order valence-electron chi connectivity index (χ3n) is 2.92. The molecule has 1 aliphatic heterocycles. The summed E-state index contributed by atoms with van der Waals surface area (Å²) in [5.74, 6) is 0.562. The van der Waals surface area contributed by atoms with E-state index in [0.717, 1.165) is 19.6 Å². The molecule has 82 valence electrons. The first-order valence-electron chi connectivity index (χ1n) is 5.11. The van der Waals surface area contributed by atoms with Gasteiger partial charge >= 0.3 is 0 Å². The molecule has 0 aromatic rings. The van der Waals surface area contributed by atoms with Crippen molar-refractivity contribution in [1.82, 2.24) is 9.80 Å². The number of hydrogen-bond donors (Lipinski definition) is 0. The van der Waals surface area contributed by atoms with Crippen molar-refractivity contribution in [3.63, 3.8) is 0 Å². The van der Waals surface area contributed by atoms with Crippen LogP contribution < -0.4 is 0 Å². The van der Waals surface area contributed by atoms with Crippen LogP contribution >= 0.6 is 11.6 Å². The summed E-state index contributed by atoms with van der Waals surface area (Å²) >= 11 is 5.67. The molecule has 1 saturated heterocycles. The summed E-state index contributed by atoms with van der Waals surface area (Å²) < 4.78 is 0. The van der Waals surface area contributed by atoms with E-state index in [0.29, 0.717) is 11.9 Å². The van der Waals surface area contributed by atoms with E-state index >= 15 is 0 Å². The molecule has 0 aromatic heterocycles. The van der Waals surface area contributed by atoms with Crippen molar-refractivity contribution in [1.29, 1.82) is 0 Å². The van der Waals surface area contributed by atoms with Gasteiger partial charge in [0.2, 0.25) is 5.91 Å². The SMILES string of the molecule is CC(CCl)C(=O)N1CCN(C)C(C)C1. The smallest absolute Gasteiger partial charge is 0.226 e. The highest BCUT2D eigenvalue weighted by atomic mass is 35.5. The maximum Gasteiger partial charge on any atom is 0.226 e. The lowest BCUT2D eigenvalue weighted by molar-refractivity contribution is -0.136. The third kappa shape index (κ3) is 2.61. The molecular weight excluding hydrogens is 200 g/mol. The average Bonchev–Trinajstić information content (AvgIpc) is 2.20. The molecule has 0 radical (unpaired) electrons. The van der Waals surface area contributed by atoms with Gasteiger partial charge in [0, 0.05) is 37.5 Å². The summed E-state index contributed by atoms with van der Waals surface area (Å²) in [5.41, 5.74) is 0. The second-order valence-electron chi connectivity index (χ2n) is 4.17. The van der Waals surface area contributed by atoms with Crippen LogP contribution in [0, 0.1) is 5.92 Å². The van der Waals surface area contributed by atoms with Crippen LogP contribution in [0.3, 0.4) is 0 Å². The molecule has 0 bridgehead atoms. The number of hydrogen-bond acceptors (Lipinski definition) is 2. The van der Waals surface area contributed by atoms with Gasteiger partial charge in [0.05, 0.1) is 0 Å². The fourth-order valence-corrected chi connectivity index (χ4v) is 1.76. The van der Waals surface area contributed by atoms with Gasteiger partial charge in [-0.25, -0.2) is 0 Å². The molecule has 0 aliphatic carbocycles. The summed E-state index contributed by atoms with van der Waals surface area (Å²) in [5, 5.41) is 0. The van der Waals surface area contributed by atoms with Gasteiger partial charge in [0.1, 0.15) is 0 Å². The molecule has 14 heavy (non-hydrogen) atoms. The van der Waals surface area contributed by atoms with Gasteiger partial charge in [-0.3, -0.25) is 4.79 Å². The Morgan fingerprint density at radius 1 is 1.57 bits per heavy atom. The van der Waals surface area contributed by atoms with E-state index in [1.54, 1.807) is 0 Å². The zero-order chi connectivity index (χ0) is 10.7. The van der Waals surface area contributed by atoms with Crippen LogP contribution in [0.25, 0.3) is 0 Å². The Morgan fingerprint density at radius 2 is 2.21 bits per heavy atom. The van der Waals surface area contributed by atoms with E-state index in [2.05, 4.69) is 18.9 Å². The van der Waals surface area contributed by atoms with Gasteiger partial charge in [0.15, 0.2) is 0 Å². The molecule has 1 aliphatic rings. The summed E-state index contributed by atoms with van der Waals surface area (Å²) in [6.45, 7) is 6.66. The summed E-state index contributed by atoms with van der Waals surface area (Å²) in [6, 6.07) is 0.454. The summed E-state index contributed by atoms with van der Waals surface area (Å²) in [4.78, 5) is 16.0. The predicted molar refractivity (Wildman–Crippen MR) is 58.6 cm³/mol. The molecule has 1 heterocycles. The molecule has 0 N–H and O–H groups in total. The summed E-state index contributed by atoms with van der Waals surface area (Å²) in [6.07, 6.45) is 0. The number of alkyl halides is 1. The van der Waals surface area contributed by atoms with Gasteiger partial charge in [0.25, 0.3) is 0 Å². The number of carbonyl (C=O) groups is 1. The molecule has 0 aromatic carbocycles. The van der Waals surface area contributed by atoms with Crippen molar-refractivity contribution in [3.05, 3.63) is 0 Å². The molecular formula is C10H19ClN2O. The van der Waals surface area contributed by atoms with E-state index in [-0.39, 0.29) is 11.8 Å². The van der Waals surface area contributed by atoms with Crippen LogP contribution in [0.5, 0.6) is 0 Å². The fourth-order valence-electron chi connectivity index (χ4n) is 1.63. The Labute approximate surface area is 91.0 Å². The number of carbonyl (C=O) groups excluding carboxylic acids is 1. The fraction of sp³-hybridized carbons (Fsp3) is 0.900. The molecule has 0 saturated carbocycles. The Kier molecular flexibility index (Phi) is 4.20. The van der Waals surface area contributed by atoms with E-state index in [1.165, 1.54) is 0 Å². The zero-order valence-electron chi connectivity index (χ0n) is 9.16. The lowest BCUT2D eigenvalue weighted by Crippen LogP contribution is -2.53. The number of halogens is 1. The summed E-state index contributed by atoms with van der Waals surface area (Å²) in [7, 11) is 2.09. The number of rotatable bonds is 2. The number of likely N-dealkylation sites (N-methyl/N-ethyl adjacent to an activating group) is 1. The van der Waals surface area contributed by atoms with E-state index < -0.39 is 0 Å². The quantitative estimate of drug-likeness (QED) is 0.647. The lowest BCUT2D eigenvalue weighted by Gasteiger charge is -2.38. The highest BCUT2D eigenvalue weighted by molar-refractivity contribution is 6.19. The standard InChI is InChI=1S/C10H19ClN2O/c1-8(6-11)10(14)13-5-4-12(3)9(2)7-13/h8-9H,4-7H2,1-3H3. The van der Waals surface area contributed by atoms with Crippen molar-refractivity contribution in [3.8, 4) is 0 Å². The molecule has 2 unspecified atom stereocenters. The molecule has 0 spiro atoms. The maximum atomic E-state index is 11.8. The predicted octanol–water partition coefficient (Wildman–Crippen LogP) is 1.02. The molecule has 1 amide bonds. The maximum absolute atomic E-state index is 11.8. The van der Waals surface area contributed by atoms with Crippen LogP contribution in [0.2, 0.25) is 0 Å². The van der Waals surface area contributed by atoms with Gasteiger partial charge < -0.3 is 9.80 Å². The zero-order valence-corrected chi connectivity index (χ0v) is 9.92. The number of amides is 1. The van der Waals surface area contributed by atoms with Crippen LogP contribution in [0.4, 0.5) is 0 Å². The number of piperazine rings is 1. The minimum Gasteiger partial charge on any atom is -0.340 e. The Morgan fingerprint density at radius 3 is 2.71 bits per heavy atom. The lowest BCUT2D eigenvalue weighted by atomic mass is 10.1. The van der Waals surface area contributed by atoms with E-state index in [1.807, 2.05) is 11.8 Å². The third-order valence-corrected chi connectivity index (χ3v) is 3.39. The van der Waals surface area contributed by atoms with Crippen molar-refractivity contribution in [2.24, 2.45) is 5.92 Å². The highest BCUT2D eigenvalue weighted by Gasteiger charge is 2.26. The minimum absolute atomic E-state index is 0.0488. The van der Waals surface area contributed by atoms with Crippen LogP contribution in [0.15, 0.2) is 0 Å². The second kappa shape index (κ2) is 4.99. The van der Waals surface area contributed by atoms with Crippen molar-refractivity contribution >= 4 is 17.5 Å².